The number of fused-ring (bicyclic) bond motifs is 1. The Morgan fingerprint density at radius 1 is 1.12 bits per heavy atom. The summed E-state index contributed by atoms with van der Waals surface area (Å²) in [6.07, 6.45) is 13.3. The van der Waals surface area contributed by atoms with Gasteiger partial charge in [-0.2, -0.15) is 0 Å². The summed E-state index contributed by atoms with van der Waals surface area (Å²) in [5.41, 5.74) is 1.52. The van der Waals surface area contributed by atoms with E-state index in [0.29, 0.717) is 18.2 Å². The topological polar surface area (TPSA) is 58.4 Å². The van der Waals surface area contributed by atoms with E-state index >= 15 is 0 Å². The maximum Gasteiger partial charge on any atom is 0.252 e. The summed E-state index contributed by atoms with van der Waals surface area (Å²) in [5.74, 6) is -0.0294. The molecule has 0 unspecified atom stereocenters. The Hall–Kier alpha value is -1.30. The standard InChI is InChI=1S/C17H24N4O.2ClH/c22-17(14-7-8-16-19-11-12-21(16)13-14)20-10-9-18-15-5-3-1-2-4-6-15;;/h7-8,11-13,15,18H,1-6,9-10H2,(H,20,22);2*1H. The van der Waals surface area contributed by atoms with Gasteiger partial charge in [0.15, 0.2) is 0 Å². The zero-order chi connectivity index (χ0) is 15.2. The molecule has 1 amide bonds. The monoisotopic (exact) mass is 372 g/mol. The van der Waals surface area contributed by atoms with Crippen molar-refractivity contribution in [1.29, 1.82) is 0 Å². The molecule has 2 heterocycles. The molecule has 3 rings (SSSR count). The zero-order valence-corrected chi connectivity index (χ0v) is 15.4. The maximum atomic E-state index is 12.1. The van der Waals surface area contributed by atoms with Crippen LogP contribution in [0.4, 0.5) is 0 Å². The Morgan fingerprint density at radius 2 is 1.88 bits per heavy atom. The molecule has 2 aromatic heterocycles. The van der Waals surface area contributed by atoms with Gasteiger partial charge >= 0.3 is 0 Å². The van der Waals surface area contributed by atoms with Crippen LogP contribution >= 0.6 is 24.8 Å². The Balaban J connectivity index is 0.00000144. The number of halogens is 2. The van der Waals surface area contributed by atoms with E-state index in [4.69, 9.17) is 0 Å². The van der Waals surface area contributed by atoms with E-state index in [1.54, 1.807) is 6.20 Å². The number of hydrogen-bond acceptors (Lipinski definition) is 3. The van der Waals surface area contributed by atoms with E-state index in [1.165, 1.54) is 38.5 Å². The van der Waals surface area contributed by atoms with Gasteiger partial charge in [0.05, 0.1) is 5.56 Å². The third kappa shape index (κ3) is 5.65. The summed E-state index contributed by atoms with van der Waals surface area (Å²) in [4.78, 5) is 16.3. The number of imidazole rings is 1. The van der Waals surface area contributed by atoms with Crippen LogP contribution in [0.25, 0.3) is 5.65 Å². The normalized spacial score (nSPS) is 15.2. The molecule has 0 aliphatic heterocycles. The van der Waals surface area contributed by atoms with Crippen LogP contribution in [0.3, 0.4) is 0 Å². The maximum absolute atomic E-state index is 12.1. The molecule has 2 aromatic rings. The highest BCUT2D eigenvalue weighted by atomic mass is 35.5. The van der Waals surface area contributed by atoms with Crippen molar-refractivity contribution in [2.45, 2.75) is 44.6 Å². The van der Waals surface area contributed by atoms with Crippen molar-refractivity contribution in [1.82, 2.24) is 20.0 Å². The molecule has 1 aliphatic carbocycles. The van der Waals surface area contributed by atoms with Crippen molar-refractivity contribution in [2.75, 3.05) is 13.1 Å². The summed E-state index contributed by atoms with van der Waals surface area (Å²) in [6.45, 7) is 1.50. The first-order chi connectivity index (χ1) is 10.8. The van der Waals surface area contributed by atoms with Crippen LogP contribution in [0.2, 0.25) is 0 Å². The van der Waals surface area contributed by atoms with E-state index in [9.17, 15) is 4.79 Å². The molecule has 24 heavy (non-hydrogen) atoms. The van der Waals surface area contributed by atoms with Crippen molar-refractivity contribution >= 4 is 36.4 Å². The van der Waals surface area contributed by atoms with E-state index in [0.717, 1.165) is 12.2 Å². The second kappa shape index (κ2) is 10.5. The molecule has 5 nitrogen and oxygen atoms in total. The van der Waals surface area contributed by atoms with Crippen LogP contribution < -0.4 is 10.6 Å². The van der Waals surface area contributed by atoms with Crippen molar-refractivity contribution in [3.05, 3.63) is 36.3 Å². The highest BCUT2D eigenvalue weighted by Gasteiger charge is 2.11. The van der Waals surface area contributed by atoms with Crippen LogP contribution in [-0.2, 0) is 0 Å². The van der Waals surface area contributed by atoms with Gasteiger partial charge < -0.3 is 15.0 Å². The summed E-state index contributed by atoms with van der Waals surface area (Å²) in [5, 5.41) is 6.54. The van der Waals surface area contributed by atoms with Crippen molar-refractivity contribution < 1.29 is 4.79 Å². The van der Waals surface area contributed by atoms with Crippen molar-refractivity contribution in [2.24, 2.45) is 0 Å². The second-order valence-electron chi connectivity index (χ2n) is 6.01. The van der Waals surface area contributed by atoms with Crippen molar-refractivity contribution in [3.8, 4) is 0 Å². The number of nitrogens with zero attached hydrogens (tertiary/aromatic N) is 2. The average molecular weight is 373 g/mol. The highest BCUT2D eigenvalue weighted by molar-refractivity contribution is 5.94. The number of carbonyl (C=O) groups excluding carboxylic acids is 1. The summed E-state index contributed by atoms with van der Waals surface area (Å²) >= 11 is 0. The number of aromatic nitrogens is 2. The van der Waals surface area contributed by atoms with Gasteiger partial charge in [0.1, 0.15) is 5.65 Å². The van der Waals surface area contributed by atoms with E-state index in [-0.39, 0.29) is 30.7 Å². The number of rotatable bonds is 5. The molecule has 0 atom stereocenters. The summed E-state index contributed by atoms with van der Waals surface area (Å²) < 4.78 is 1.86. The van der Waals surface area contributed by atoms with E-state index in [1.807, 2.05) is 28.9 Å². The number of nitrogens with one attached hydrogen (secondary N) is 2. The lowest BCUT2D eigenvalue weighted by Gasteiger charge is -2.16. The van der Waals surface area contributed by atoms with Crippen LogP contribution in [0.5, 0.6) is 0 Å². The third-order valence-corrected chi connectivity index (χ3v) is 4.35. The first-order valence-corrected chi connectivity index (χ1v) is 8.27. The van der Waals surface area contributed by atoms with E-state index < -0.39 is 0 Å². The summed E-state index contributed by atoms with van der Waals surface area (Å²) in [7, 11) is 0. The fraction of sp³-hybridized carbons (Fsp3) is 0.529. The lowest BCUT2D eigenvalue weighted by atomic mass is 10.1. The number of hydrogen-bond donors (Lipinski definition) is 2. The number of pyridine rings is 1. The van der Waals surface area contributed by atoms with Gasteiger partial charge in [-0.1, -0.05) is 25.7 Å². The molecular formula is C17H26Cl2N4O. The Kier molecular flexibility index (Phi) is 9.11. The molecule has 0 saturated heterocycles. The van der Waals surface area contributed by atoms with Crippen LogP contribution in [0, 0.1) is 0 Å². The lowest BCUT2D eigenvalue weighted by Crippen LogP contribution is -2.36. The molecule has 134 valence electrons. The van der Waals surface area contributed by atoms with Crippen LogP contribution in [-0.4, -0.2) is 34.4 Å². The van der Waals surface area contributed by atoms with E-state index in [2.05, 4.69) is 15.6 Å². The summed E-state index contributed by atoms with van der Waals surface area (Å²) in [6, 6.07) is 4.30. The molecule has 7 heteroatoms. The average Bonchev–Trinajstić information content (AvgIpc) is 2.85. The fourth-order valence-electron chi connectivity index (χ4n) is 3.09. The predicted octanol–water partition coefficient (Wildman–Crippen LogP) is 3.22. The minimum Gasteiger partial charge on any atom is -0.351 e. The molecule has 0 spiro atoms. The fourth-order valence-corrected chi connectivity index (χ4v) is 3.09. The lowest BCUT2D eigenvalue weighted by molar-refractivity contribution is 0.0953. The Bertz CT molecular complexity index is 624. The van der Waals surface area contributed by atoms with Gasteiger partial charge in [-0.05, 0) is 25.0 Å². The molecule has 2 N–H and O–H groups in total. The number of carbonyl (C=O) groups is 1. The molecule has 1 aliphatic rings. The predicted molar refractivity (Wildman–Crippen MR) is 102 cm³/mol. The third-order valence-electron chi connectivity index (χ3n) is 4.35. The number of amides is 1. The van der Waals surface area contributed by atoms with Gasteiger partial charge in [0.25, 0.3) is 5.91 Å². The van der Waals surface area contributed by atoms with Gasteiger partial charge in [-0.3, -0.25) is 4.79 Å². The first kappa shape index (κ1) is 20.7. The zero-order valence-electron chi connectivity index (χ0n) is 13.7. The molecule has 1 fully saturated rings. The van der Waals surface area contributed by atoms with Gasteiger partial charge in [0.2, 0.25) is 0 Å². The van der Waals surface area contributed by atoms with Gasteiger partial charge in [0, 0.05) is 37.7 Å². The molecule has 0 radical (unpaired) electrons. The molecule has 1 saturated carbocycles. The smallest absolute Gasteiger partial charge is 0.252 e. The van der Waals surface area contributed by atoms with Crippen molar-refractivity contribution in [3.63, 3.8) is 0 Å². The second-order valence-corrected chi connectivity index (χ2v) is 6.01. The molecule has 0 bridgehead atoms. The highest BCUT2D eigenvalue weighted by Crippen LogP contribution is 2.16. The minimum absolute atomic E-state index is 0. The first-order valence-electron chi connectivity index (χ1n) is 8.27. The quantitative estimate of drug-likeness (QED) is 0.625. The van der Waals surface area contributed by atoms with Crippen LogP contribution in [0.1, 0.15) is 48.9 Å². The Morgan fingerprint density at radius 3 is 2.62 bits per heavy atom. The Labute approximate surface area is 155 Å². The minimum atomic E-state index is -0.0294. The molecular weight excluding hydrogens is 347 g/mol. The molecule has 0 aromatic carbocycles. The van der Waals surface area contributed by atoms with Gasteiger partial charge in [-0.15, -0.1) is 24.8 Å². The largest absolute Gasteiger partial charge is 0.351 e. The van der Waals surface area contributed by atoms with Gasteiger partial charge in [-0.25, -0.2) is 4.98 Å². The van der Waals surface area contributed by atoms with Crippen LogP contribution in [0.15, 0.2) is 30.7 Å². The SMILES string of the molecule is Cl.Cl.O=C(NCCNC1CCCCCC1)c1ccc2nccn2c1.